The Morgan fingerprint density at radius 2 is 2.00 bits per heavy atom. The van der Waals surface area contributed by atoms with Gasteiger partial charge in [0.15, 0.2) is 5.65 Å². The standard InChI is InChI=1S/C26H30N6O2S/c1-17(2)24-22-13-19(18-6-8-31(9-7-18)10-11-35(3,33)34)4-5-23(22)30-25(24)21-12-20(14-27)26-28-16-29-32(26)15-21/h4-5,12-13,15-18,30H,6-11H2,1-3H3. The molecule has 182 valence electrons. The molecule has 0 radical (unpaired) electrons. The van der Waals surface area contributed by atoms with Crippen LogP contribution in [0.1, 0.15) is 55.2 Å². The number of nitrogens with one attached hydrogen (secondary N) is 1. The highest BCUT2D eigenvalue weighted by molar-refractivity contribution is 7.90. The van der Waals surface area contributed by atoms with Gasteiger partial charge in [-0.1, -0.05) is 19.9 Å². The van der Waals surface area contributed by atoms with Gasteiger partial charge in [-0.2, -0.15) is 10.4 Å². The molecule has 0 unspecified atom stereocenters. The van der Waals surface area contributed by atoms with E-state index in [9.17, 15) is 13.7 Å². The third-order valence-corrected chi connectivity index (χ3v) is 7.99. The Labute approximate surface area is 205 Å². The normalized spacial score (nSPS) is 15.9. The second-order valence-corrected chi connectivity index (χ2v) is 12.2. The van der Waals surface area contributed by atoms with Gasteiger partial charge in [0.1, 0.15) is 22.2 Å². The number of aromatic nitrogens is 4. The lowest BCUT2D eigenvalue weighted by molar-refractivity contribution is 0.223. The van der Waals surface area contributed by atoms with Crippen molar-refractivity contribution in [2.24, 2.45) is 0 Å². The first-order chi connectivity index (χ1) is 16.7. The summed E-state index contributed by atoms with van der Waals surface area (Å²) in [4.78, 5) is 10.1. The highest BCUT2D eigenvalue weighted by Crippen LogP contribution is 2.38. The van der Waals surface area contributed by atoms with Gasteiger partial charge in [-0.15, -0.1) is 0 Å². The fourth-order valence-electron chi connectivity index (χ4n) is 5.24. The van der Waals surface area contributed by atoms with Crippen LogP contribution in [0.5, 0.6) is 0 Å². The van der Waals surface area contributed by atoms with E-state index < -0.39 is 9.84 Å². The summed E-state index contributed by atoms with van der Waals surface area (Å²) < 4.78 is 24.7. The SMILES string of the molecule is CC(C)c1c(-c2cc(C#N)c3ncnn3c2)[nH]c2ccc(C3CCN(CCS(C)(=O)=O)CC3)cc12. The van der Waals surface area contributed by atoms with Crippen LogP contribution in [-0.2, 0) is 9.84 Å². The lowest BCUT2D eigenvalue weighted by Crippen LogP contribution is -2.36. The number of pyridine rings is 1. The van der Waals surface area contributed by atoms with E-state index in [0.717, 1.165) is 42.7 Å². The van der Waals surface area contributed by atoms with Crippen LogP contribution in [0.4, 0.5) is 0 Å². The molecule has 0 amide bonds. The van der Waals surface area contributed by atoms with E-state index in [1.54, 1.807) is 4.52 Å². The first kappa shape index (κ1) is 23.5. The molecule has 1 aliphatic rings. The summed E-state index contributed by atoms with van der Waals surface area (Å²) in [5, 5.41) is 15.1. The minimum absolute atomic E-state index is 0.224. The van der Waals surface area contributed by atoms with Crippen molar-refractivity contribution in [3.05, 3.63) is 53.5 Å². The van der Waals surface area contributed by atoms with E-state index in [0.29, 0.717) is 23.7 Å². The number of fused-ring (bicyclic) bond motifs is 2. The summed E-state index contributed by atoms with van der Waals surface area (Å²) in [6, 6.07) is 10.8. The second-order valence-electron chi connectivity index (χ2n) is 9.90. The minimum atomic E-state index is -2.93. The van der Waals surface area contributed by atoms with Gasteiger partial charge in [0.05, 0.1) is 17.0 Å². The molecule has 8 nitrogen and oxygen atoms in total. The molecule has 0 spiro atoms. The van der Waals surface area contributed by atoms with E-state index in [4.69, 9.17) is 0 Å². The van der Waals surface area contributed by atoms with Crippen molar-refractivity contribution in [2.75, 3.05) is 31.6 Å². The van der Waals surface area contributed by atoms with Crippen LogP contribution in [0, 0.1) is 11.3 Å². The van der Waals surface area contributed by atoms with Crippen LogP contribution in [-0.4, -0.2) is 64.5 Å². The molecule has 4 heterocycles. The average Bonchev–Trinajstić information content (AvgIpc) is 3.46. The molecule has 0 saturated carbocycles. The molecule has 35 heavy (non-hydrogen) atoms. The number of sulfone groups is 1. The Balaban J connectivity index is 1.47. The maximum atomic E-state index is 11.5. The van der Waals surface area contributed by atoms with Gasteiger partial charge in [-0.25, -0.2) is 17.9 Å². The van der Waals surface area contributed by atoms with E-state index in [1.807, 2.05) is 12.3 Å². The van der Waals surface area contributed by atoms with E-state index in [1.165, 1.54) is 29.1 Å². The van der Waals surface area contributed by atoms with Gasteiger partial charge in [0.2, 0.25) is 0 Å². The minimum Gasteiger partial charge on any atom is -0.354 e. The van der Waals surface area contributed by atoms with Gasteiger partial charge < -0.3 is 9.88 Å². The number of nitrogens with zero attached hydrogens (tertiary/aromatic N) is 5. The van der Waals surface area contributed by atoms with Crippen LogP contribution in [0.2, 0.25) is 0 Å². The van der Waals surface area contributed by atoms with E-state index in [-0.39, 0.29) is 11.7 Å². The summed E-state index contributed by atoms with van der Waals surface area (Å²) in [5.41, 5.74) is 6.63. The topological polar surface area (TPSA) is 107 Å². The third kappa shape index (κ3) is 4.68. The van der Waals surface area contributed by atoms with E-state index in [2.05, 4.69) is 58.1 Å². The predicted octanol–water partition coefficient (Wildman–Crippen LogP) is 4.10. The number of nitriles is 1. The Kier molecular flexibility index (Phi) is 6.11. The van der Waals surface area contributed by atoms with Gasteiger partial charge in [0.25, 0.3) is 0 Å². The van der Waals surface area contributed by atoms with Crippen LogP contribution in [0.15, 0.2) is 36.8 Å². The fraction of sp³-hybridized carbons (Fsp3) is 0.423. The first-order valence-electron chi connectivity index (χ1n) is 12.0. The van der Waals surface area contributed by atoms with Crippen molar-refractivity contribution in [1.82, 2.24) is 24.5 Å². The summed E-state index contributed by atoms with van der Waals surface area (Å²) in [6.07, 6.45) is 6.74. The Hall–Kier alpha value is -3.22. The molecule has 1 fully saturated rings. The maximum absolute atomic E-state index is 11.5. The molecular weight excluding hydrogens is 460 g/mol. The Morgan fingerprint density at radius 1 is 1.23 bits per heavy atom. The van der Waals surface area contributed by atoms with Crippen molar-refractivity contribution in [2.45, 2.75) is 38.5 Å². The number of benzene rings is 1. The largest absolute Gasteiger partial charge is 0.354 e. The van der Waals surface area contributed by atoms with E-state index >= 15 is 0 Å². The van der Waals surface area contributed by atoms with Gasteiger partial charge in [-0.05, 0) is 67.1 Å². The van der Waals surface area contributed by atoms with Crippen molar-refractivity contribution in [3.63, 3.8) is 0 Å². The van der Waals surface area contributed by atoms with Crippen LogP contribution in [0.25, 0.3) is 27.8 Å². The van der Waals surface area contributed by atoms with Crippen LogP contribution < -0.4 is 0 Å². The zero-order valence-electron chi connectivity index (χ0n) is 20.3. The summed E-state index contributed by atoms with van der Waals surface area (Å²) in [6.45, 7) is 6.84. The Bertz CT molecular complexity index is 1540. The van der Waals surface area contributed by atoms with Gasteiger partial charge >= 0.3 is 0 Å². The summed E-state index contributed by atoms with van der Waals surface area (Å²) in [5.74, 6) is 0.967. The number of hydrogen-bond donors (Lipinski definition) is 1. The average molecular weight is 491 g/mol. The zero-order valence-corrected chi connectivity index (χ0v) is 21.1. The highest BCUT2D eigenvalue weighted by Gasteiger charge is 2.23. The van der Waals surface area contributed by atoms with Crippen LogP contribution in [0.3, 0.4) is 0 Å². The summed E-state index contributed by atoms with van der Waals surface area (Å²) in [7, 11) is -2.93. The Morgan fingerprint density at radius 3 is 2.69 bits per heavy atom. The molecule has 5 rings (SSSR count). The molecule has 0 aliphatic carbocycles. The maximum Gasteiger partial charge on any atom is 0.173 e. The molecule has 1 aliphatic heterocycles. The van der Waals surface area contributed by atoms with Crippen molar-refractivity contribution in [1.29, 1.82) is 5.26 Å². The summed E-state index contributed by atoms with van der Waals surface area (Å²) >= 11 is 0. The van der Waals surface area contributed by atoms with Crippen molar-refractivity contribution < 1.29 is 8.42 Å². The number of H-pyrrole nitrogens is 1. The van der Waals surface area contributed by atoms with Gasteiger partial charge in [0, 0.05) is 35.5 Å². The lowest BCUT2D eigenvalue weighted by Gasteiger charge is -2.32. The molecule has 1 saturated heterocycles. The molecular formula is C26H30N6O2S. The number of aromatic amines is 1. The fourth-order valence-corrected chi connectivity index (χ4v) is 5.83. The first-order valence-corrected chi connectivity index (χ1v) is 14.1. The predicted molar refractivity (Wildman–Crippen MR) is 137 cm³/mol. The molecule has 1 N–H and O–H groups in total. The molecule has 0 bridgehead atoms. The highest BCUT2D eigenvalue weighted by atomic mass is 32.2. The molecule has 9 heteroatoms. The smallest absolute Gasteiger partial charge is 0.173 e. The molecule has 0 atom stereocenters. The van der Waals surface area contributed by atoms with Gasteiger partial charge in [-0.3, -0.25) is 0 Å². The van der Waals surface area contributed by atoms with Crippen molar-refractivity contribution in [3.8, 4) is 17.3 Å². The monoisotopic (exact) mass is 490 g/mol. The second kappa shape index (κ2) is 9.10. The number of likely N-dealkylation sites (tertiary alicyclic amines) is 1. The lowest BCUT2D eigenvalue weighted by atomic mass is 9.87. The van der Waals surface area contributed by atoms with Crippen LogP contribution >= 0.6 is 0 Å². The number of piperidine rings is 1. The quantitative estimate of drug-likeness (QED) is 0.436. The molecule has 1 aromatic carbocycles. The number of rotatable bonds is 6. The third-order valence-electron chi connectivity index (χ3n) is 7.06. The number of hydrogen-bond acceptors (Lipinski definition) is 6. The van der Waals surface area contributed by atoms with Crippen molar-refractivity contribution >= 4 is 26.4 Å². The zero-order chi connectivity index (χ0) is 24.7. The molecule has 3 aromatic heterocycles. The molecule has 4 aromatic rings.